The lowest BCUT2D eigenvalue weighted by atomic mass is 10.1. The van der Waals surface area contributed by atoms with Crippen molar-refractivity contribution >= 4 is 6.08 Å². The molecule has 0 saturated heterocycles. The first-order valence-corrected chi connectivity index (χ1v) is 4.18. The fraction of sp³-hybridized carbons (Fsp3) is 0.167. The van der Waals surface area contributed by atoms with Crippen molar-refractivity contribution in [3.8, 4) is 0 Å². The van der Waals surface area contributed by atoms with Crippen LogP contribution in [0.1, 0.15) is 12.5 Å². The fourth-order valence-electron chi connectivity index (χ4n) is 0.906. The maximum Gasteiger partial charge on any atom is -0.00812 e. The molecule has 0 fully saturated rings. The van der Waals surface area contributed by atoms with Gasteiger partial charge >= 0.3 is 0 Å². The summed E-state index contributed by atoms with van der Waals surface area (Å²) in [5.74, 6) is 0.449. The first kappa shape index (κ1) is 8.79. The van der Waals surface area contributed by atoms with Crippen molar-refractivity contribution in [3.05, 3.63) is 54.6 Å². The predicted octanol–water partition coefficient (Wildman–Crippen LogP) is 3.52. The van der Waals surface area contributed by atoms with Crippen LogP contribution in [0.3, 0.4) is 0 Å². The van der Waals surface area contributed by atoms with Gasteiger partial charge in [0.2, 0.25) is 0 Å². The van der Waals surface area contributed by atoms with Gasteiger partial charge in [0.1, 0.15) is 0 Å². The summed E-state index contributed by atoms with van der Waals surface area (Å²) in [5.41, 5.74) is 1.24. The van der Waals surface area contributed by atoms with E-state index in [-0.39, 0.29) is 0 Å². The molecule has 1 atom stereocenters. The van der Waals surface area contributed by atoms with E-state index >= 15 is 0 Å². The van der Waals surface area contributed by atoms with Gasteiger partial charge < -0.3 is 0 Å². The molecule has 0 aromatic heterocycles. The van der Waals surface area contributed by atoms with Gasteiger partial charge in [0.25, 0.3) is 0 Å². The molecule has 0 radical (unpaired) electrons. The van der Waals surface area contributed by atoms with E-state index in [0.29, 0.717) is 5.92 Å². The number of rotatable bonds is 3. The van der Waals surface area contributed by atoms with Gasteiger partial charge in [-0.25, -0.2) is 0 Å². The van der Waals surface area contributed by atoms with Gasteiger partial charge in [-0.2, -0.15) is 0 Å². The van der Waals surface area contributed by atoms with E-state index in [1.54, 1.807) is 0 Å². The van der Waals surface area contributed by atoms with Gasteiger partial charge in [-0.3, -0.25) is 0 Å². The van der Waals surface area contributed by atoms with Crippen LogP contribution in [-0.4, -0.2) is 0 Å². The lowest BCUT2D eigenvalue weighted by Crippen LogP contribution is -1.79. The van der Waals surface area contributed by atoms with Crippen molar-refractivity contribution < 1.29 is 0 Å². The second-order valence-electron chi connectivity index (χ2n) is 2.86. The highest BCUT2D eigenvalue weighted by Crippen LogP contribution is 2.05. The third-order valence-electron chi connectivity index (χ3n) is 1.76. The Morgan fingerprint density at radius 1 is 1.25 bits per heavy atom. The summed E-state index contributed by atoms with van der Waals surface area (Å²) in [5, 5.41) is 0. The van der Waals surface area contributed by atoms with Gasteiger partial charge in [0, 0.05) is 0 Å². The molecular formula is C12H14. The Bertz CT molecular complexity index is 257. The minimum absolute atomic E-state index is 0.449. The first-order valence-electron chi connectivity index (χ1n) is 4.18. The molecule has 1 rings (SSSR count). The zero-order chi connectivity index (χ0) is 8.81. The lowest BCUT2D eigenvalue weighted by molar-refractivity contribution is 0.950. The van der Waals surface area contributed by atoms with Crippen LogP contribution in [0.4, 0.5) is 0 Å². The summed E-state index contributed by atoms with van der Waals surface area (Å²) in [6.07, 6.45) is 6.19. The number of allylic oxidation sites excluding steroid dienone is 2. The average molecular weight is 158 g/mol. The molecule has 0 aliphatic heterocycles. The predicted molar refractivity (Wildman–Crippen MR) is 54.8 cm³/mol. The number of benzene rings is 1. The van der Waals surface area contributed by atoms with Crippen molar-refractivity contribution in [2.45, 2.75) is 6.92 Å². The zero-order valence-electron chi connectivity index (χ0n) is 7.40. The maximum absolute atomic E-state index is 3.72. The Morgan fingerprint density at radius 2 is 1.92 bits per heavy atom. The monoisotopic (exact) mass is 158 g/mol. The summed E-state index contributed by atoms with van der Waals surface area (Å²) in [4.78, 5) is 0. The first-order chi connectivity index (χ1) is 5.83. The maximum atomic E-state index is 3.72. The Labute approximate surface area is 74.2 Å². The molecule has 1 unspecified atom stereocenters. The summed E-state index contributed by atoms with van der Waals surface area (Å²) in [6.45, 7) is 5.84. The molecule has 0 nitrogen and oxygen atoms in total. The SMILES string of the molecule is C=CC(C)C=Cc1ccccc1. The van der Waals surface area contributed by atoms with E-state index < -0.39 is 0 Å². The Hall–Kier alpha value is -1.30. The third-order valence-corrected chi connectivity index (χ3v) is 1.76. The van der Waals surface area contributed by atoms with E-state index in [1.165, 1.54) is 5.56 Å². The summed E-state index contributed by atoms with van der Waals surface area (Å²) in [6, 6.07) is 10.3. The number of hydrogen-bond donors (Lipinski definition) is 0. The van der Waals surface area contributed by atoms with Crippen LogP contribution < -0.4 is 0 Å². The minimum atomic E-state index is 0.449. The molecule has 1 aromatic rings. The standard InChI is InChI=1S/C12H14/c1-3-11(2)9-10-12-7-5-4-6-8-12/h3-11H,1H2,2H3. The van der Waals surface area contributed by atoms with Crippen LogP contribution in [0, 0.1) is 5.92 Å². The highest BCUT2D eigenvalue weighted by Gasteiger charge is 1.87. The van der Waals surface area contributed by atoms with Gasteiger partial charge in [0.05, 0.1) is 0 Å². The number of hydrogen-bond acceptors (Lipinski definition) is 0. The fourth-order valence-corrected chi connectivity index (χ4v) is 0.906. The van der Waals surface area contributed by atoms with Crippen molar-refractivity contribution in [3.63, 3.8) is 0 Å². The Balaban J connectivity index is 2.63. The molecular weight excluding hydrogens is 144 g/mol. The van der Waals surface area contributed by atoms with Crippen LogP contribution in [0.2, 0.25) is 0 Å². The molecule has 0 amide bonds. The lowest BCUT2D eigenvalue weighted by Gasteiger charge is -1.95. The smallest absolute Gasteiger partial charge is 0.00812 e. The van der Waals surface area contributed by atoms with Crippen LogP contribution >= 0.6 is 0 Å². The van der Waals surface area contributed by atoms with Gasteiger partial charge in [-0.1, -0.05) is 55.5 Å². The highest BCUT2D eigenvalue weighted by molar-refractivity contribution is 5.49. The second-order valence-corrected chi connectivity index (χ2v) is 2.86. The Kier molecular flexibility index (Phi) is 3.34. The van der Waals surface area contributed by atoms with Crippen molar-refractivity contribution in [1.29, 1.82) is 0 Å². The topological polar surface area (TPSA) is 0 Å². The van der Waals surface area contributed by atoms with Gasteiger partial charge in [-0.15, -0.1) is 6.58 Å². The summed E-state index contributed by atoms with van der Waals surface area (Å²) in [7, 11) is 0. The normalized spacial score (nSPS) is 13.1. The van der Waals surface area contributed by atoms with E-state index in [1.807, 2.05) is 24.3 Å². The zero-order valence-corrected chi connectivity index (χ0v) is 7.40. The molecule has 0 heterocycles. The largest absolute Gasteiger partial charge is 0.102 e. The van der Waals surface area contributed by atoms with Crippen molar-refractivity contribution in [2.24, 2.45) is 5.92 Å². The molecule has 0 aliphatic carbocycles. The van der Waals surface area contributed by atoms with Crippen molar-refractivity contribution in [2.75, 3.05) is 0 Å². The molecule has 0 aliphatic rings. The van der Waals surface area contributed by atoms with Crippen LogP contribution in [0.25, 0.3) is 6.08 Å². The molecule has 1 aromatic carbocycles. The average Bonchev–Trinajstić information content (AvgIpc) is 2.16. The van der Waals surface area contributed by atoms with E-state index in [2.05, 4.69) is 37.8 Å². The van der Waals surface area contributed by atoms with Gasteiger partial charge in [-0.05, 0) is 11.5 Å². The van der Waals surface area contributed by atoms with Crippen LogP contribution in [0.15, 0.2) is 49.1 Å². The Morgan fingerprint density at radius 3 is 2.50 bits per heavy atom. The molecule has 0 bridgehead atoms. The molecule has 12 heavy (non-hydrogen) atoms. The minimum Gasteiger partial charge on any atom is -0.102 e. The molecule has 0 spiro atoms. The summed E-state index contributed by atoms with van der Waals surface area (Å²) >= 11 is 0. The van der Waals surface area contributed by atoms with Crippen molar-refractivity contribution in [1.82, 2.24) is 0 Å². The van der Waals surface area contributed by atoms with E-state index in [9.17, 15) is 0 Å². The summed E-state index contributed by atoms with van der Waals surface area (Å²) < 4.78 is 0. The molecule has 0 heteroatoms. The van der Waals surface area contributed by atoms with E-state index in [0.717, 1.165) is 0 Å². The quantitative estimate of drug-likeness (QED) is 0.590. The molecule has 0 N–H and O–H groups in total. The molecule has 0 saturated carbocycles. The van der Waals surface area contributed by atoms with Crippen LogP contribution in [-0.2, 0) is 0 Å². The highest BCUT2D eigenvalue weighted by atomic mass is 13.9. The molecule has 62 valence electrons. The van der Waals surface area contributed by atoms with E-state index in [4.69, 9.17) is 0 Å². The van der Waals surface area contributed by atoms with Gasteiger partial charge in [0.15, 0.2) is 0 Å². The van der Waals surface area contributed by atoms with Crippen LogP contribution in [0.5, 0.6) is 0 Å². The second kappa shape index (κ2) is 4.55. The third kappa shape index (κ3) is 2.75.